The van der Waals surface area contributed by atoms with E-state index in [9.17, 15) is 9.59 Å². The normalized spacial score (nSPS) is 32.1. The van der Waals surface area contributed by atoms with Crippen molar-refractivity contribution in [2.75, 3.05) is 19.6 Å². The fraction of sp³-hybridized carbons (Fsp3) is 0.692. The van der Waals surface area contributed by atoms with Crippen LogP contribution in [0, 0.1) is 23.7 Å². The Kier molecular flexibility index (Phi) is 5.94. The molecule has 1 saturated heterocycles. The molecule has 5 aliphatic rings. The highest BCUT2D eigenvalue weighted by atomic mass is 16.2. The van der Waals surface area contributed by atoms with Gasteiger partial charge >= 0.3 is 6.03 Å². The highest BCUT2D eigenvalue weighted by molar-refractivity contribution is 5.78. The SMILES string of the molecule is O=C(NCCC(=O)N1CCC(Cc2ccccc2)CC1)NC12CC3CC(CC(C3)C1)C2. The van der Waals surface area contributed by atoms with Crippen molar-refractivity contribution in [1.29, 1.82) is 0 Å². The predicted octanol–water partition coefficient (Wildman–Crippen LogP) is 4.13. The minimum absolute atomic E-state index is 0.0312. The lowest BCUT2D eigenvalue weighted by atomic mass is 9.53. The van der Waals surface area contributed by atoms with Gasteiger partial charge in [-0.1, -0.05) is 30.3 Å². The van der Waals surface area contributed by atoms with Gasteiger partial charge in [0.25, 0.3) is 0 Å². The second-order valence-corrected chi connectivity index (χ2v) is 10.8. The van der Waals surface area contributed by atoms with Crippen molar-refractivity contribution in [1.82, 2.24) is 15.5 Å². The van der Waals surface area contributed by atoms with Crippen molar-refractivity contribution in [3.8, 4) is 0 Å². The topological polar surface area (TPSA) is 61.4 Å². The zero-order chi connectivity index (χ0) is 21.3. The lowest BCUT2D eigenvalue weighted by Gasteiger charge is -2.56. The maximum absolute atomic E-state index is 12.6. The quantitative estimate of drug-likeness (QED) is 0.723. The number of likely N-dealkylation sites (tertiary alicyclic amines) is 1. The number of carbonyl (C=O) groups excluding carboxylic acids is 2. The Hall–Kier alpha value is -2.04. The van der Waals surface area contributed by atoms with Crippen LogP contribution in [0.5, 0.6) is 0 Å². The van der Waals surface area contributed by atoms with Crippen molar-refractivity contribution < 1.29 is 9.59 Å². The molecule has 5 nitrogen and oxygen atoms in total. The molecule has 0 aromatic heterocycles. The van der Waals surface area contributed by atoms with E-state index in [4.69, 9.17) is 0 Å². The first kappa shape index (κ1) is 20.8. The Morgan fingerprint density at radius 1 is 0.935 bits per heavy atom. The Morgan fingerprint density at radius 2 is 1.55 bits per heavy atom. The number of amides is 3. The summed E-state index contributed by atoms with van der Waals surface area (Å²) in [6, 6.07) is 10.6. The monoisotopic (exact) mass is 423 g/mol. The zero-order valence-corrected chi connectivity index (χ0v) is 18.7. The average molecular weight is 424 g/mol. The van der Waals surface area contributed by atoms with E-state index in [-0.39, 0.29) is 17.5 Å². The molecule has 1 aliphatic heterocycles. The number of benzene rings is 1. The molecule has 0 radical (unpaired) electrons. The minimum Gasteiger partial charge on any atom is -0.343 e. The molecule has 5 heteroatoms. The fourth-order valence-corrected chi connectivity index (χ4v) is 7.32. The van der Waals surface area contributed by atoms with Gasteiger partial charge in [-0.3, -0.25) is 4.79 Å². The highest BCUT2D eigenvalue weighted by Gasteiger charge is 2.51. The van der Waals surface area contributed by atoms with E-state index in [1.807, 2.05) is 4.90 Å². The minimum atomic E-state index is -0.0729. The van der Waals surface area contributed by atoms with Crippen molar-refractivity contribution in [2.45, 2.75) is 69.7 Å². The lowest BCUT2D eigenvalue weighted by Crippen LogP contribution is -2.61. The van der Waals surface area contributed by atoms with Crippen LogP contribution in [0.4, 0.5) is 4.79 Å². The van der Waals surface area contributed by atoms with Crippen molar-refractivity contribution in [3.05, 3.63) is 35.9 Å². The third-order valence-corrected chi connectivity index (χ3v) is 8.38. The van der Waals surface area contributed by atoms with Gasteiger partial charge in [0.05, 0.1) is 0 Å². The number of nitrogens with zero attached hydrogens (tertiary/aromatic N) is 1. The molecule has 4 bridgehead atoms. The third kappa shape index (κ3) is 4.91. The Labute approximate surface area is 186 Å². The van der Waals surface area contributed by atoms with Gasteiger partial charge in [0.15, 0.2) is 0 Å². The molecule has 31 heavy (non-hydrogen) atoms. The van der Waals surface area contributed by atoms with E-state index in [0.717, 1.165) is 69.4 Å². The largest absolute Gasteiger partial charge is 0.343 e. The standard InChI is InChI=1S/C26H37N3O2/c30-24(29-10-7-20(8-11-29)12-19-4-2-1-3-5-19)6-9-27-25(31)28-26-16-21-13-22(17-26)15-23(14-21)18-26/h1-5,20-23H,6-18H2,(H2,27,28,31). The molecule has 0 spiro atoms. The van der Waals surface area contributed by atoms with Gasteiger partial charge in [0.2, 0.25) is 5.91 Å². The first-order chi connectivity index (χ1) is 15.1. The van der Waals surface area contributed by atoms with Gasteiger partial charge in [-0.05, 0) is 87.0 Å². The Morgan fingerprint density at radius 3 is 2.16 bits per heavy atom. The average Bonchev–Trinajstić information content (AvgIpc) is 2.73. The van der Waals surface area contributed by atoms with Crippen molar-refractivity contribution in [3.63, 3.8) is 0 Å². The van der Waals surface area contributed by atoms with Crippen LogP contribution < -0.4 is 10.6 Å². The number of carbonyl (C=O) groups is 2. The predicted molar refractivity (Wildman–Crippen MR) is 122 cm³/mol. The number of piperidine rings is 1. The van der Waals surface area contributed by atoms with E-state index < -0.39 is 0 Å². The second-order valence-electron chi connectivity index (χ2n) is 10.8. The first-order valence-corrected chi connectivity index (χ1v) is 12.4. The summed E-state index contributed by atoms with van der Waals surface area (Å²) in [5.41, 5.74) is 1.42. The number of rotatable bonds is 6. The second kappa shape index (κ2) is 8.84. The van der Waals surface area contributed by atoms with Crippen LogP contribution in [0.3, 0.4) is 0 Å². The molecule has 1 aromatic rings. The van der Waals surface area contributed by atoms with E-state index in [0.29, 0.717) is 18.9 Å². The fourth-order valence-electron chi connectivity index (χ4n) is 7.32. The number of hydrogen-bond donors (Lipinski definition) is 2. The molecule has 5 fully saturated rings. The highest BCUT2D eigenvalue weighted by Crippen LogP contribution is 2.55. The maximum atomic E-state index is 12.6. The third-order valence-electron chi connectivity index (χ3n) is 8.38. The Balaban J connectivity index is 1.01. The Bertz CT molecular complexity index is 750. The molecular formula is C26H37N3O2. The molecule has 0 unspecified atom stereocenters. The summed E-state index contributed by atoms with van der Waals surface area (Å²) in [5, 5.41) is 6.30. The lowest BCUT2D eigenvalue weighted by molar-refractivity contribution is -0.132. The number of urea groups is 1. The van der Waals surface area contributed by atoms with E-state index in [2.05, 4.69) is 41.0 Å². The summed E-state index contributed by atoms with van der Waals surface area (Å²) in [6.07, 6.45) is 11.2. The summed E-state index contributed by atoms with van der Waals surface area (Å²) in [7, 11) is 0. The molecule has 6 rings (SSSR count). The summed E-state index contributed by atoms with van der Waals surface area (Å²) in [6.45, 7) is 2.12. The zero-order valence-electron chi connectivity index (χ0n) is 18.7. The summed E-state index contributed by atoms with van der Waals surface area (Å²) >= 11 is 0. The number of hydrogen-bond acceptors (Lipinski definition) is 2. The van der Waals surface area contributed by atoms with E-state index in [1.165, 1.54) is 24.8 Å². The molecule has 4 saturated carbocycles. The summed E-state index contributed by atoms with van der Waals surface area (Å²) in [4.78, 5) is 27.2. The van der Waals surface area contributed by atoms with Gasteiger partial charge in [-0.2, -0.15) is 0 Å². The number of nitrogens with one attached hydrogen (secondary N) is 2. The van der Waals surface area contributed by atoms with Crippen LogP contribution in [-0.4, -0.2) is 42.0 Å². The van der Waals surface area contributed by atoms with Crippen molar-refractivity contribution in [2.24, 2.45) is 23.7 Å². The van der Waals surface area contributed by atoms with Gasteiger partial charge in [-0.15, -0.1) is 0 Å². The molecule has 4 aliphatic carbocycles. The van der Waals surface area contributed by atoms with Gasteiger partial charge < -0.3 is 15.5 Å². The van der Waals surface area contributed by atoms with Crippen LogP contribution in [0.2, 0.25) is 0 Å². The maximum Gasteiger partial charge on any atom is 0.315 e. The van der Waals surface area contributed by atoms with Crippen LogP contribution in [0.1, 0.15) is 63.4 Å². The van der Waals surface area contributed by atoms with E-state index in [1.54, 1.807) is 0 Å². The van der Waals surface area contributed by atoms with Crippen LogP contribution in [0.15, 0.2) is 30.3 Å². The van der Waals surface area contributed by atoms with Gasteiger partial charge in [0.1, 0.15) is 0 Å². The summed E-state index contributed by atoms with van der Waals surface area (Å²) < 4.78 is 0. The van der Waals surface area contributed by atoms with Crippen LogP contribution >= 0.6 is 0 Å². The molecular weight excluding hydrogens is 386 g/mol. The molecule has 168 valence electrons. The van der Waals surface area contributed by atoms with Gasteiger partial charge in [0, 0.05) is 31.6 Å². The molecule has 2 N–H and O–H groups in total. The van der Waals surface area contributed by atoms with Crippen LogP contribution in [0.25, 0.3) is 0 Å². The van der Waals surface area contributed by atoms with Gasteiger partial charge in [-0.25, -0.2) is 4.79 Å². The smallest absolute Gasteiger partial charge is 0.315 e. The molecule has 0 atom stereocenters. The molecule has 1 heterocycles. The first-order valence-electron chi connectivity index (χ1n) is 12.4. The van der Waals surface area contributed by atoms with E-state index >= 15 is 0 Å². The molecule has 3 amide bonds. The molecule has 1 aromatic carbocycles. The summed E-state index contributed by atoms with van der Waals surface area (Å²) in [5.74, 6) is 3.29. The van der Waals surface area contributed by atoms with Crippen LogP contribution in [-0.2, 0) is 11.2 Å². The van der Waals surface area contributed by atoms with Crippen molar-refractivity contribution >= 4 is 11.9 Å².